The van der Waals surface area contributed by atoms with Gasteiger partial charge in [-0.15, -0.1) is 12.4 Å². The van der Waals surface area contributed by atoms with E-state index in [0.717, 1.165) is 22.5 Å². The molecule has 222 valence electrons. The van der Waals surface area contributed by atoms with E-state index in [1.807, 2.05) is 0 Å². The maximum absolute atomic E-state index is 15.1. The predicted molar refractivity (Wildman–Crippen MR) is 161 cm³/mol. The van der Waals surface area contributed by atoms with Crippen LogP contribution in [0.3, 0.4) is 0 Å². The highest BCUT2D eigenvalue weighted by Gasteiger charge is 2.34. The van der Waals surface area contributed by atoms with Crippen LogP contribution in [0.1, 0.15) is 35.3 Å². The molecule has 0 aliphatic carbocycles. The molecular formula is C30H29Cl2F2N3O4S. The molecule has 0 spiro atoms. The number of carbonyl (C=O) groups excluding carboxylic acids is 1. The zero-order valence-electron chi connectivity index (χ0n) is 22.8. The van der Waals surface area contributed by atoms with E-state index in [-0.39, 0.29) is 29.8 Å². The summed E-state index contributed by atoms with van der Waals surface area (Å²) in [6, 6.07) is 17.2. The zero-order chi connectivity index (χ0) is 29.6. The van der Waals surface area contributed by atoms with Crippen LogP contribution in [0.25, 0.3) is 0 Å². The van der Waals surface area contributed by atoms with Gasteiger partial charge in [0.15, 0.2) is 0 Å². The van der Waals surface area contributed by atoms with E-state index in [4.69, 9.17) is 16.3 Å². The smallest absolute Gasteiger partial charge is 0.264 e. The van der Waals surface area contributed by atoms with Crippen molar-refractivity contribution < 1.29 is 26.7 Å². The lowest BCUT2D eigenvalue weighted by molar-refractivity contribution is 0.0787. The molecular weight excluding hydrogens is 607 g/mol. The summed E-state index contributed by atoms with van der Waals surface area (Å²) in [5, 5.41) is 0.326. The number of anilines is 1. The molecule has 0 aliphatic heterocycles. The summed E-state index contributed by atoms with van der Waals surface area (Å²) in [5.74, 6) is -1.50. The molecule has 7 nitrogen and oxygen atoms in total. The van der Waals surface area contributed by atoms with Gasteiger partial charge in [-0.3, -0.25) is 14.1 Å². The van der Waals surface area contributed by atoms with Crippen molar-refractivity contribution in [2.24, 2.45) is 0 Å². The van der Waals surface area contributed by atoms with Gasteiger partial charge in [0.25, 0.3) is 15.9 Å². The number of hydrogen-bond donors (Lipinski definition) is 0. The first-order valence-corrected chi connectivity index (χ1v) is 14.5. The van der Waals surface area contributed by atoms with Crippen LogP contribution < -0.4 is 9.04 Å². The summed E-state index contributed by atoms with van der Waals surface area (Å²) >= 11 is 5.95. The first kappa shape index (κ1) is 32.8. The van der Waals surface area contributed by atoms with E-state index in [1.54, 1.807) is 61.5 Å². The molecule has 1 aromatic heterocycles. The van der Waals surface area contributed by atoms with Crippen molar-refractivity contribution >= 4 is 45.6 Å². The molecule has 1 heterocycles. The third-order valence-corrected chi connectivity index (χ3v) is 8.54. The Bertz CT molecular complexity index is 1610. The van der Waals surface area contributed by atoms with Gasteiger partial charge in [0, 0.05) is 42.6 Å². The van der Waals surface area contributed by atoms with Gasteiger partial charge in [-0.05, 0) is 67.9 Å². The van der Waals surface area contributed by atoms with Crippen LogP contribution in [0.5, 0.6) is 5.75 Å². The highest BCUT2D eigenvalue weighted by molar-refractivity contribution is 7.92. The zero-order valence-corrected chi connectivity index (χ0v) is 25.2. The molecule has 0 saturated carbocycles. The summed E-state index contributed by atoms with van der Waals surface area (Å²) in [7, 11) is -2.70. The molecule has 0 fully saturated rings. The standard InChI is InChI=1S/C30H28ClF2N3O4S.ClH/c1-21(36(28-19-24(32)12-15-27(28)33)41(38,39)25-13-10-23(31)11-14-25)26-8-3-4-9-29(26)40-18-6-17-35(2)30(37)22-7-5-16-34-20-22;/h3-5,7-16,19-21H,6,17-18H2,1-2H3;1H/t21-;/m1./s1. The van der Waals surface area contributed by atoms with Gasteiger partial charge in [-0.25, -0.2) is 17.2 Å². The van der Waals surface area contributed by atoms with Crippen molar-refractivity contribution in [2.45, 2.75) is 24.3 Å². The van der Waals surface area contributed by atoms with Crippen LogP contribution in [0.4, 0.5) is 14.5 Å². The predicted octanol–water partition coefficient (Wildman–Crippen LogP) is 6.93. The first-order chi connectivity index (χ1) is 19.6. The maximum Gasteiger partial charge on any atom is 0.264 e. The van der Waals surface area contributed by atoms with Crippen LogP contribution >= 0.6 is 24.0 Å². The second-order valence-corrected chi connectivity index (χ2v) is 11.5. The Hall–Kier alpha value is -3.73. The van der Waals surface area contributed by atoms with Crippen LogP contribution in [0.2, 0.25) is 5.02 Å². The second-order valence-electron chi connectivity index (χ2n) is 9.23. The van der Waals surface area contributed by atoms with Gasteiger partial charge in [-0.2, -0.15) is 0 Å². The maximum atomic E-state index is 15.1. The van der Waals surface area contributed by atoms with Crippen molar-refractivity contribution in [3.05, 3.63) is 119 Å². The molecule has 4 aromatic rings. The fourth-order valence-electron chi connectivity index (χ4n) is 4.30. The van der Waals surface area contributed by atoms with Crippen LogP contribution in [0.15, 0.2) is 96.2 Å². The molecule has 42 heavy (non-hydrogen) atoms. The average molecular weight is 637 g/mol. The fourth-order valence-corrected chi connectivity index (χ4v) is 6.06. The van der Waals surface area contributed by atoms with Crippen molar-refractivity contribution in [2.75, 3.05) is 24.5 Å². The molecule has 12 heteroatoms. The number of benzene rings is 3. The van der Waals surface area contributed by atoms with E-state index < -0.39 is 33.4 Å². The molecule has 3 aromatic carbocycles. The number of rotatable bonds is 11. The van der Waals surface area contributed by atoms with Gasteiger partial charge >= 0.3 is 0 Å². The van der Waals surface area contributed by atoms with E-state index in [0.29, 0.717) is 34.9 Å². The molecule has 0 saturated heterocycles. The number of aromatic nitrogens is 1. The molecule has 1 atom stereocenters. The number of para-hydroxylation sites is 1. The van der Waals surface area contributed by atoms with E-state index in [2.05, 4.69) is 4.98 Å². The number of amides is 1. The number of pyridine rings is 1. The van der Waals surface area contributed by atoms with Gasteiger partial charge in [-0.1, -0.05) is 29.8 Å². The summed E-state index contributed by atoms with van der Waals surface area (Å²) in [5.41, 5.74) is 0.466. The highest BCUT2D eigenvalue weighted by atomic mass is 35.5. The van der Waals surface area contributed by atoms with Gasteiger partial charge < -0.3 is 9.64 Å². The van der Waals surface area contributed by atoms with Gasteiger partial charge in [0.2, 0.25) is 0 Å². The molecule has 1 amide bonds. The quantitative estimate of drug-likeness (QED) is 0.167. The lowest BCUT2D eigenvalue weighted by atomic mass is 10.1. The van der Waals surface area contributed by atoms with Crippen LogP contribution in [-0.2, 0) is 10.0 Å². The Kier molecular flexibility index (Phi) is 11.3. The lowest BCUT2D eigenvalue weighted by Crippen LogP contribution is -2.34. The Morgan fingerprint density at radius 2 is 1.74 bits per heavy atom. The first-order valence-electron chi connectivity index (χ1n) is 12.7. The Morgan fingerprint density at radius 1 is 1.02 bits per heavy atom. The van der Waals surface area contributed by atoms with Crippen molar-refractivity contribution in [3.63, 3.8) is 0 Å². The third kappa shape index (κ3) is 7.56. The van der Waals surface area contributed by atoms with Crippen LogP contribution in [0, 0.1) is 11.6 Å². The molecule has 0 N–H and O–H groups in total. The Morgan fingerprint density at radius 3 is 2.43 bits per heavy atom. The van der Waals surface area contributed by atoms with E-state index >= 15 is 4.39 Å². The number of nitrogens with zero attached hydrogens (tertiary/aromatic N) is 3. The molecule has 0 unspecified atom stereocenters. The lowest BCUT2D eigenvalue weighted by Gasteiger charge is -2.32. The number of sulfonamides is 1. The average Bonchev–Trinajstić information content (AvgIpc) is 2.97. The molecule has 0 bridgehead atoms. The minimum absolute atomic E-state index is 0. The normalized spacial score (nSPS) is 11.7. The third-order valence-electron chi connectivity index (χ3n) is 6.39. The minimum atomic E-state index is -4.38. The van der Waals surface area contributed by atoms with Gasteiger partial charge in [0.1, 0.15) is 17.4 Å². The van der Waals surface area contributed by atoms with Crippen LogP contribution in [-0.4, -0.2) is 44.4 Å². The number of hydrogen-bond acceptors (Lipinski definition) is 5. The number of halogens is 4. The summed E-state index contributed by atoms with van der Waals surface area (Å²) in [4.78, 5) is 17.9. The second kappa shape index (κ2) is 14.4. The van der Waals surface area contributed by atoms with Crippen molar-refractivity contribution in [1.29, 1.82) is 0 Å². The van der Waals surface area contributed by atoms with Crippen molar-refractivity contribution in [1.82, 2.24) is 9.88 Å². The molecule has 4 rings (SSSR count). The van der Waals surface area contributed by atoms with Gasteiger partial charge in [0.05, 0.1) is 28.8 Å². The molecule has 0 radical (unpaired) electrons. The summed E-state index contributed by atoms with van der Waals surface area (Å²) in [6.45, 7) is 2.18. The topological polar surface area (TPSA) is 79.8 Å². The SMILES string of the molecule is C[C@H](c1ccccc1OCCCN(C)C(=O)c1cccnc1)N(c1cc(F)ccc1F)S(=O)(=O)c1ccc(Cl)cc1.Cl. The summed E-state index contributed by atoms with van der Waals surface area (Å²) < 4.78 is 63.9. The van der Waals surface area contributed by atoms with Crippen molar-refractivity contribution in [3.8, 4) is 5.75 Å². The number of ether oxygens (including phenoxy) is 1. The largest absolute Gasteiger partial charge is 0.493 e. The van der Waals surface area contributed by atoms with E-state index in [9.17, 15) is 17.6 Å². The highest BCUT2D eigenvalue weighted by Crippen LogP contribution is 2.38. The summed E-state index contributed by atoms with van der Waals surface area (Å²) in [6.07, 6.45) is 3.57. The molecule has 0 aliphatic rings. The minimum Gasteiger partial charge on any atom is -0.493 e. The monoisotopic (exact) mass is 635 g/mol. The fraction of sp³-hybridized carbons (Fsp3) is 0.200. The van der Waals surface area contributed by atoms with E-state index in [1.165, 1.54) is 30.5 Å². The number of carbonyl (C=O) groups is 1. The Labute approximate surface area is 255 Å². The Balaban J connectivity index is 0.00000484.